The molecular weight excluding hydrogens is 480 g/mol. The number of amides is 1. The quantitative estimate of drug-likeness (QED) is 0.320. The highest BCUT2D eigenvalue weighted by Crippen LogP contribution is 2.27. The van der Waals surface area contributed by atoms with Gasteiger partial charge in [-0.3, -0.25) is 5.32 Å². The van der Waals surface area contributed by atoms with Crippen LogP contribution < -0.4 is 15.4 Å². The number of fused-ring (bicyclic) bond motifs is 1. The molecule has 0 aliphatic heterocycles. The molecule has 0 spiro atoms. The van der Waals surface area contributed by atoms with E-state index in [9.17, 15) is 4.79 Å². The summed E-state index contributed by atoms with van der Waals surface area (Å²) in [5.41, 5.74) is 3.42. The van der Waals surface area contributed by atoms with E-state index >= 15 is 0 Å². The molecule has 2 heterocycles. The van der Waals surface area contributed by atoms with Crippen LogP contribution in [0, 0.1) is 0 Å². The van der Waals surface area contributed by atoms with Crippen molar-refractivity contribution >= 4 is 41.2 Å². The number of pyridine rings is 1. The van der Waals surface area contributed by atoms with Crippen LogP contribution in [0.3, 0.4) is 0 Å². The molecule has 0 bridgehead atoms. The van der Waals surface area contributed by atoms with E-state index in [1.165, 1.54) is 0 Å². The van der Waals surface area contributed by atoms with Crippen LogP contribution in [-0.2, 0) is 4.74 Å². The predicted molar refractivity (Wildman–Crippen MR) is 147 cm³/mol. The first-order chi connectivity index (χ1) is 17.0. The van der Waals surface area contributed by atoms with E-state index in [0.29, 0.717) is 22.7 Å². The van der Waals surface area contributed by atoms with Crippen LogP contribution in [-0.4, -0.2) is 65.3 Å². The van der Waals surface area contributed by atoms with Crippen LogP contribution in [0.15, 0.2) is 36.5 Å². The smallest absolute Gasteiger partial charge is 0.412 e. The third kappa shape index (κ3) is 7.93. The summed E-state index contributed by atoms with van der Waals surface area (Å²) in [4.78, 5) is 28.4. The number of nitrogens with one attached hydrogen (secondary N) is 2. The fourth-order valence-electron chi connectivity index (χ4n) is 3.84. The predicted octanol–water partition coefficient (Wildman–Crippen LogP) is 5.61. The van der Waals surface area contributed by atoms with Crippen molar-refractivity contribution in [3.8, 4) is 17.0 Å². The van der Waals surface area contributed by atoms with Crippen molar-refractivity contribution < 1.29 is 14.3 Å². The lowest BCUT2D eigenvalue weighted by Crippen LogP contribution is -2.25. The van der Waals surface area contributed by atoms with Gasteiger partial charge >= 0.3 is 6.09 Å². The number of benzene rings is 1. The Balaban J connectivity index is 0.00000456. The Morgan fingerprint density at radius 2 is 1.83 bits per heavy atom. The molecule has 10 heteroatoms. The van der Waals surface area contributed by atoms with Crippen LogP contribution in [0.25, 0.3) is 22.4 Å². The van der Waals surface area contributed by atoms with Gasteiger partial charge in [0, 0.05) is 17.7 Å². The van der Waals surface area contributed by atoms with E-state index in [1.807, 2.05) is 24.3 Å². The molecule has 0 saturated carbocycles. The summed E-state index contributed by atoms with van der Waals surface area (Å²) < 4.78 is 10.3. The van der Waals surface area contributed by atoms with E-state index in [2.05, 4.69) is 46.3 Å². The van der Waals surface area contributed by atoms with E-state index < -0.39 is 6.09 Å². The number of nitrogens with zero attached hydrogens (tertiary/aromatic N) is 4. The van der Waals surface area contributed by atoms with Crippen molar-refractivity contribution in [3.63, 3.8) is 0 Å². The molecule has 1 unspecified atom stereocenters. The molecule has 2 aromatic heterocycles. The molecule has 1 amide bonds. The SMILES string of the molecule is CCOC(=O)Nc1cc(NC(C)CCCN(CC)CC)c2ncc(-c3ccc(OC)cc3)nc2n1.Cl. The van der Waals surface area contributed by atoms with Gasteiger partial charge in [0.15, 0.2) is 5.65 Å². The van der Waals surface area contributed by atoms with Crippen LogP contribution in [0.2, 0.25) is 0 Å². The average Bonchev–Trinajstić information content (AvgIpc) is 2.86. The summed E-state index contributed by atoms with van der Waals surface area (Å²) in [7, 11) is 1.63. The van der Waals surface area contributed by atoms with Crippen molar-refractivity contribution in [1.82, 2.24) is 19.9 Å². The number of aromatic nitrogens is 3. The Hall–Kier alpha value is -3.17. The number of carbonyl (C=O) groups is 1. The maximum atomic E-state index is 12.0. The van der Waals surface area contributed by atoms with Crippen LogP contribution in [0.4, 0.5) is 16.3 Å². The number of hydrogen-bond acceptors (Lipinski definition) is 8. The van der Waals surface area contributed by atoms with Gasteiger partial charge in [0.2, 0.25) is 0 Å². The van der Waals surface area contributed by atoms with E-state index in [0.717, 1.165) is 49.5 Å². The Labute approximate surface area is 219 Å². The highest BCUT2D eigenvalue weighted by molar-refractivity contribution is 5.92. The molecule has 0 aliphatic carbocycles. The summed E-state index contributed by atoms with van der Waals surface area (Å²) in [6, 6.07) is 9.58. The lowest BCUT2D eigenvalue weighted by molar-refractivity contribution is 0.168. The van der Waals surface area contributed by atoms with Gasteiger partial charge in [0.05, 0.1) is 31.3 Å². The molecule has 1 aromatic carbocycles. The molecule has 196 valence electrons. The lowest BCUT2D eigenvalue weighted by Gasteiger charge is -2.21. The summed E-state index contributed by atoms with van der Waals surface area (Å²) in [6.45, 7) is 11.7. The second-order valence-electron chi connectivity index (χ2n) is 8.27. The molecule has 3 aromatic rings. The van der Waals surface area contributed by atoms with Gasteiger partial charge in [0.25, 0.3) is 0 Å². The van der Waals surface area contributed by atoms with E-state index in [4.69, 9.17) is 14.5 Å². The number of anilines is 2. The summed E-state index contributed by atoms with van der Waals surface area (Å²) in [5.74, 6) is 1.12. The van der Waals surface area contributed by atoms with Crippen LogP contribution >= 0.6 is 12.4 Å². The molecule has 2 N–H and O–H groups in total. The number of methoxy groups -OCH3 is 1. The van der Waals surface area contributed by atoms with E-state index in [-0.39, 0.29) is 25.1 Å². The normalized spacial score (nSPS) is 11.6. The minimum Gasteiger partial charge on any atom is -0.497 e. The number of hydrogen-bond donors (Lipinski definition) is 2. The number of halogens is 1. The second kappa shape index (κ2) is 14.4. The zero-order valence-corrected chi connectivity index (χ0v) is 22.5. The maximum absolute atomic E-state index is 12.0. The minimum absolute atomic E-state index is 0. The molecule has 0 aliphatic rings. The molecule has 0 fully saturated rings. The number of carbonyl (C=O) groups excluding carboxylic acids is 1. The number of rotatable bonds is 12. The van der Waals surface area contributed by atoms with Crippen LogP contribution in [0.1, 0.15) is 40.5 Å². The monoisotopic (exact) mass is 516 g/mol. The van der Waals surface area contributed by atoms with Gasteiger partial charge in [0.1, 0.15) is 17.1 Å². The van der Waals surface area contributed by atoms with Crippen molar-refractivity contribution in [2.24, 2.45) is 0 Å². The topological polar surface area (TPSA) is 102 Å². The summed E-state index contributed by atoms with van der Waals surface area (Å²) in [6.07, 6.45) is 3.26. The molecule has 1 atom stereocenters. The zero-order valence-electron chi connectivity index (χ0n) is 21.7. The first-order valence-corrected chi connectivity index (χ1v) is 12.2. The van der Waals surface area contributed by atoms with Gasteiger partial charge in [-0.1, -0.05) is 13.8 Å². The molecule has 36 heavy (non-hydrogen) atoms. The Bertz CT molecular complexity index is 1110. The molecule has 0 radical (unpaired) electrons. The van der Waals surface area contributed by atoms with Gasteiger partial charge in [-0.2, -0.15) is 0 Å². The fourth-order valence-corrected chi connectivity index (χ4v) is 3.84. The highest BCUT2D eigenvalue weighted by Gasteiger charge is 2.15. The average molecular weight is 517 g/mol. The van der Waals surface area contributed by atoms with Gasteiger partial charge in [-0.05, 0) is 70.6 Å². The Morgan fingerprint density at radius 3 is 2.47 bits per heavy atom. The molecular formula is C26H37ClN6O3. The van der Waals surface area contributed by atoms with Crippen LogP contribution in [0.5, 0.6) is 5.75 Å². The highest BCUT2D eigenvalue weighted by atomic mass is 35.5. The fraction of sp³-hybridized carbons (Fsp3) is 0.462. The third-order valence-electron chi connectivity index (χ3n) is 5.82. The molecule has 3 rings (SSSR count). The van der Waals surface area contributed by atoms with Gasteiger partial charge in [-0.25, -0.2) is 19.7 Å². The Morgan fingerprint density at radius 1 is 1.11 bits per heavy atom. The first-order valence-electron chi connectivity index (χ1n) is 12.2. The molecule has 0 saturated heterocycles. The lowest BCUT2D eigenvalue weighted by atomic mass is 10.1. The maximum Gasteiger partial charge on any atom is 0.412 e. The standard InChI is InChI=1S/C26H36N6O3.ClH/c1-6-32(7-2)15-9-10-18(4)28-21-16-23(31-26(33)35-8-3)30-25-24(21)27-17-22(29-25)19-11-13-20(34-5)14-12-19;/h11-14,16-18H,6-10,15H2,1-5H3,(H2,28,29,30,31,33);1H. The third-order valence-corrected chi connectivity index (χ3v) is 5.82. The van der Waals surface area contributed by atoms with Crippen molar-refractivity contribution in [3.05, 3.63) is 36.5 Å². The summed E-state index contributed by atoms with van der Waals surface area (Å²) >= 11 is 0. The molecule has 9 nitrogen and oxygen atoms in total. The Kier molecular flexibility index (Phi) is 11.6. The first kappa shape index (κ1) is 29.1. The van der Waals surface area contributed by atoms with Gasteiger partial charge < -0.3 is 19.7 Å². The minimum atomic E-state index is -0.558. The van der Waals surface area contributed by atoms with Gasteiger partial charge in [-0.15, -0.1) is 12.4 Å². The zero-order chi connectivity index (χ0) is 25.2. The van der Waals surface area contributed by atoms with Crippen molar-refractivity contribution in [1.29, 1.82) is 0 Å². The largest absolute Gasteiger partial charge is 0.497 e. The van der Waals surface area contributed by atoms with Crippen molar-refractivity contribution in [2.45, 2.75) is 46.6 Å². The van der Waals surface area contributed by atoms with Crippen molar-refractivity contribution in [2.75, 3.05) is 44.0 Å². The summed E-state index contributed by atoms with van der Waals surface area (Å²) in [5, 5.41) is 6.24. The number of ether oxygens (including phenoxy) is 2. The second-order valence-corrected chi connectivity index (χ2v) is 8.27. The van der Waals surface area contributed by atoms with E-state index in [1.54, 1.807) is 26.3 Å².